The number of pyridine rings is 2. The van der Waals surface area contributed by atoms with Gasteiger partial charge in [-0.15, -0.1) is 0 Å². The maximum Gasteiger partial charge on any atom is 0.127 e. The molecule has 27 heavy (non-hydrogen) atoms. The molecule has 128 valence electrons. The van der Waals surface area contributed by atoms with E-state index >= 15 is 0 Å². The van der Waals surface area contributed by atoms with Crippen LogP contribution in [-0.4, -0.2) is 9.97 Å². The Hall–Kier alpha value is -3.97. The first kappa shape index (κ1) is 16.5. The molecule has 0 fully saturated rings. The standard InChI is InChI=1S/C23H15N3O/c24-14-17-13-19(16-25-15-17)23-22(7-4-12-26-23)18-8-10-21(11-9-18)27-20-5-2-1-3-6-20/h1-13,15-16H. The lowest BCUT2D eigenvalue weighted by atomic mass is 10.00. The molecule has 0 aliphatic heterocycles. The number of nitrogens with zero attached hydrogens (tertiary/aromatic N) is 3. The van der Waals surface area contributed by atoms with Crippen molar-refractivity contribution in [2.24, 2.45) is 0 Å². The fraction of sp³-hybridized carbons (Fsp3) is 0. The molecule has 0 unspecified atom stereocenters. The molecule has 4 nitrogen and oxygen atoms in total. The van der Waals surface area contributed by atoms with Crippen LogP contribution in [0.5, 0.6) is 11.5 Å². The molecule has 4 rings (SSSR count). The van der Waals surface area contributed by atoms with E-state index in [1.165, 1.54) is 0 Å². The number of benzene rings is 2. The molecule has 2 aromatic heterocycles. The van der Waals surface area contributed by atoms with Crippen molar-refractivity contribution in [3.05, 3.63) is 97.0 Å². The highest BCUT2D eigenvalue weighted by Gasteiger charge is 2.10. The number of ether oxygens (including phenoxy) is 1. The Morgan fingerprint density at radius 2 is 1.56 bits per heavy atom. The summed E-state index contributed by atoms with van der Waals surface area (Å²) in [6.07, 6.45) is 5.01. The van der Waals surface area contributed by atoms with Crippen LogP contribution in [0.25, 0.3) is 22.4 Å². The third-order valence-electron chi connectivity index (χ3n) is 4.09. The molecule has 0 aliphatic rings. The van der Waals surface area contributed by atoms with Gasteiger partial charge in [-0.2, -0.15) is 5.26 Å². The molecule has 4 heteroatoms. The third kappa shape index (κ3) is 3.68. The highest BCUT2D eigenvalue weighted by molar-refractivity contribution is 5.80. The van der Waals surface area contributed by atoms with Gasteiger partial charge in [-0.3, -0.25) is 9.97 Å². The Balaban J connectivity index is 1.67. The maximum atomic E-state index is 9.12. The number of hydrogen-bond acceptors (Lipinski definition) is 4. The largest absolute Gasteiger partial charge is 0.457 e. The van der Waals surface area contributed by atoms with Crippen LogP contribution in [0, 0.1) is 11.3 Å². The lowest BCUT2D eigenvalue weighted by Crippen LogP contribution is -1.91. The lowest BCUT2D eigenvalue weighted by Gasteiger charge is -2.10. The van der Waals surface area contributed by atoms with Gasteiger partial charge < -0.3 is 4.74 Å². The Morgan fingerprint density at radius 3 is 2.33 bits per heavy atom. The molecule has 0 spiro atoms. The highest BCUT2D eigenvalue weighted by atomic mass is 16.5. The third-order valence-corrected chi connectivity index (χ3v) is 4.09. The van der Waals surface area contributed by atoms with Crippen molar-refractivity contribution in [3.8, 4) is 40.0 Å². The normalized spacial score (nSPS) is 10.2. The van der Waals surface area contributed by atoms with Gasteiger partial charge in [0.15, 0.2) is 0 Å². The van der Waals surface area contributed by atoms with Crippen molar-refractivity contribution < 1.29 is 4.74 Å². The minimum Gasteiger partial charge on any atom is -0.457 e. The second-order valence-corrected chi connectivity index (χ2v) is 5.91. The molecular weight excluding hydrogens is 334 g/mol. The van der Waals surface area contributed by atoms with E-state index in [1.54, 1.807) is 24.7 Å². The van der Waals surface area contributed by atoms with Gasteiger partial charge in [0.2, 0.25) is 0 Å². The SMILES string of the molecule is N#Cc1cncc(-c2ncccc2-c2ccc(Oc3ccccc3)cc2)c1. The van der Waals surface area contributed by atoms with Crippen LogP contribution in [0.3, 0.4) is 0 Å². The van der Waals surface area contributed by atoms with E-state index in [1.807, 2.05) is 66.7 Å². The van der Waals surface area contributed by atoms with Crippen molar-refractivity contribution in [2.75, 3.05) is 0 Å². The Kier molecular flexibility index (Phi) is 4.59. The molecule has 0 bridgehead atoms. The molecular formula is C23H15N3O. The van der Waals surface area contributed by atoms with E-state index in [0.717, 1.165) is 33.9 Å². The fourth-order valence-corrected chi connectivity index (χ4v) is 2.83. The fourth-order valence-electron chi connectivity index (χ4n) is 2.83. The van der Waals surface area contributed by atoms with Gasteiger partial charge in [-0.1, -0.05) is 36.4 Å². The zero-order valence-electron chi connectivity index (χ0n) is 14.4. The molecule has 0 N–H and O–H groups in total. The van der Waals surface area contributed by atoms with Gasteiger partial charge in [0.1, 0.15) is 17.6 Å². The van der Waals surface area contributed by atoms with Crippen molar-refractivity contribution in [2.45, 2.75) is 0 Å². The Morgan fingerprint density at radius 1 is 0.778 bits per heavy atom. The Labute approximate surface area is 157 Å². The number of rotatable bonds is 4. The van der Waals surface area contributed by atoms with Crippen LogP contribution < -0.4 is 4.74 Å². The lowest BCUT2D eigenvalue weighted by molar-refractivity contribution is 0.483. The van der Waals surface area contributed by atoms with Gasteiger partial charge in [0.05, 0.1) is 11.3 Å². The summed E-state index contributed by atoms with van der Waals surface area (Å²) in [6, 6.07) is 25.4. The number of aromatic nitrogens is 2. The summed E-state index contributed by atoms with van der Waals surface area (Å²) < 4.78 is 5.85. The predicted octanol–water partition coefficient (Wildman–Crippen LogP) is 5.47. The van der Waals surface area contributed by atoms with Crippen LogP contribution in [0.1, 0.15) is 5.56 Å². The molecule has 0 saturated heterocycles. The number of nitriles is 1. The molecule has 0 amide bonds. The van der Waals surface area contributed by atoms with Gasteiger partial charge in [-0.05, 0) is 42.0 Å². The zero-order valence-corrected chi connectivity index (χ0v) is 14.4. The summed E-state index contributed by atoms with van der Waals surface area (Å²) in [4.78, 5) is 8.66. The van der Waals surface area contributed by atoms with Crippen LogP contribution in [0.15, 0.2) is 91.4 Å². The summed E-state index contributed by atoms with van der Waals surface area (Å²) >= 11 is 0. The van der Waals surface area contributed by atoms with Crippen molar-refractivity contribution >= 4 is 0 Å². The van der Waals surface area contributed by atoms with E-state index in [9.17, 15) is 0 Å². The van der Waals surface area contributed by atoms with Crippen molar-refractivity contribution in [1.82, 2.24) is 9.97 Å². The molecule has 0 radical (unpaired) electrons. The van der Waals surface area contributed by atoms with Crippen molar-refractivity contribution in [3.63, 3.8) is 0 Å². The predicted molar refractivity (Wildman–Crippen MR) is 104 cm³/mol. The smallest absolute Gasteiger partial charge is 0.127 e. The molecule has 2 aromatic carbocycles. The first-order chi connectivity index (χ1) is 13.3. The second kappa shape index (κ2) is 7.51. The van der Waals surface area contributed by atoms with Crippen LogP contribution in [0.2, 0.25) is 0 Å². The summed E-state index contributed by atoms with van der Waals surface area (Å²) in [7, 11) is 0. The molecule has 2 heterocycles. The number of hydrogen-bond donors (Lipinski definition) is 0. The topological polar surface area (TPSA) is 58.8 Å². The van der Waals surface area contributed by atoms with Gasteiger partial charge in [-0.25, -0.2) is 0 Å². The number of para-hydroxylation sites is 1. The molecule has 0 saturated carbocycles. The monoisotopic (exact) mass is 349 g/mol. The first-order valence-electron chi connectivity index (χ1n) is 8.47. The quantitative estimate of drug-likeness (QED) is 0.490. The average molecular weight is 349 g/mol. The average Bonchev–Trinajstić information content (AvgIpc) is 2.75. The van der Waals surface area contributed by atoms with E-state index in [2.05, 4.69) is 16.0 Å². The summed E-state index contributed by atoms with van der Waals surface area (Å²) in [5.41, 5.74) is 4.10. The van der Waals surface area contributed by atoms with Gasteiger partial charge >= 0.3 is 0 Å². The van der Waals surface area contributed by atoms with E-state index in [-0.39, 0.29) is 0 Å². The minimum absolute atomic E-state index is 0.510. The molecule has 4 aromatic rings. The molecule has 0 atom stereocenters. The maximum absolute atomic E-state index is 9.12. The van der Waals surface area contributed by atoms with Crippen LogP contribution >= 0.6 is 0 Å². The molecule has 0 aliphatic carbocycles. The van der Waals surface area contributed by atoms with E-state index < -0.39 is 0 Å². The van der Waals surface area contributed by atoms with Gasteiger partial charge in [0, 0.05) is 29.7 Å². The summed E-state index contributed by atoms with van der Waals surface area (Å²) in [5, 5.41) is 9.12. The van der Waals surface area contributed by atoms with E-state index in [0.29, 0.717) is 5.56 Å². The highest BCUT2D eigenvalue weighted by Crippen LogP contribution is 2.32. The summed E-state index contributed by atoms with van der Waals surface area (Å²) in [5.74, 6) is 1.57. The minimum atomic E-state index is 0.510. The van der Waals surface area contributed by atoms with Crippen LogP contribution in [0.4, 0.5) is 0 Å². The van der Waals surface area contributed by atoms with E-state index in [4.69, 9.17) is 10.00 Å². The van der Waals surface area contributed by atoms with Crippen LogP contribution in [-0.2, 0) is 0 Å². The first-order valence-corrected chi connectivity index (χ1v) is 8.47. The Bertz CT molecular complexity index is 1100. The summed E-state index contributed by atoms with van der Waals surface area (Å²) in [6.45, 7) is 0. The zero-order chi connectivity index (χ0) is 18.5. The van der Waals surface area contributed by atoms with Crippen molar-refractivity contribution in [1.29, 1.82) is 5.26 Å². The van der Waals surface area contributed by atoms with Gasteiger partial charge in [0.25, 0.3) is 0 Å². The second-order valence-electron chi connectivity index (χ2n) is 5.91.